The van der Waals surface area contributed by atoms with Crippen molar-refractivity contribution in [1.82, 2.24) is 9.78 Å². The standard InChI is InChI=1S/C17H11Cl3N2O3/c18-10-7-12(19)17(13(20)8-10)25-16(24)5-6-22-14-4-2-1-3-11(14)15(23)9-21-22/h1-4,7-9H,5-6H2. The zero-order valence-electron chi connectivity index (χ0n) is 12.7. The lowest BCUT2D eigenvalue weighted by atomic mass is 10.2. The van der Waals surface area contributed by atoms with Crippen LogP contribution in [0, 0.1) is 0 Å². The number of aryl methyl sites for hydroxylation is 1. The summed E-state index contributed by atoms with van der Waals surface area (Å²) in [6, 6.07) is 9.92. The third-order valence-corrected chi connectivity index (χ3v) is 4.25. The van der Waals surface area contributed by atoms with Crippen LogP contribution < -0.4 is 10.2 Å². The molecule has 128 valence electrons. The number of rotatable bonds is 4. The van der Waals surface area contributed by atoms with Gasteiger partial charge in [-0.2, -0.15) is 5.10 Å². The number of carbonyl (C=O) groups is 1. The molecule has 2 aromatic carbocycles. The maximum atomic E-state index is 12.1. The number of ether oxygens (including phenoxy) is 1. The van der Waals surface area contributed by atoms with Gasteiger partial charge in [0.05, 0.1) is 34.7 Å². The first-order valence-corrected chi connectivity index (χ1v) is 8.39. The number of esters is 1. The lowest BCUT2D eigenvalue weighted by Crippen LogP contribution is -2.16. The Hall–Kier alpha value is -2.08. The molecule has 0 unspecified atom stereocenters. The van der Waals surface area contributed by atoms with Crippen molar-refractivity contribution in [3.8, 4) is 5.75 Å². The Bertz CT molecular complexity index is 994. The molecule has 1 aromatic heterocycles. The molecule has 0 spiro atoms. The zero-order valence-corrected chi connectivity index (χ0v) is 15.0. The smallest absolute Gasteiger partial charge is 0.313 e. The molecule has 0 radical (unpaired) electrons. The van der Waals surface area contributed by atoms with Crippen LogP contribution in [0.5, 0.6) is 5.75 Å². The van der Waals surface area contributed by atoms with Crippen molar-refractivity contribution in [2.45, 2.75) is 13.0 Å². The van der Waals surface area contributed by atoms with E-state index in [0.717, 1.165) is 0 Å². The average Bonchev–Trinajstić information content (AvgIpc) is 2.58. The molecule has 3 rings (SSSR count). The Balaban J connectivity index is 1.76. The van der Waals surface area contributed by atoms with Crippen LogP contribution in [0.4, 0.5) is 0 Å². The molecule has 1 heterocycles. The molecule has 25 heavy (non-hydrogen) atoms. The van der Waals surface area contributed by atoms with Crippen LogP contribution >= 0.6 is 34.8 Å². The van der Waals surface area contributed by atoms with E-state index in [1.165, 1.54) is 18.3 Å². The van der Waals surface area contributed by atoms with Crippen molar-refractivity contribution < 1.29 is 9.53 Å². The van der Waals surface area contributed by atoms with Gasteiger partial charge in [0.1, 0.15) is 0 Å². The zero-order chi connectivity index (χ0) is 18.0. The van der Waals surface area contributed by atoms with Gasteiger partial charge in [-0.25, -0.2) is 0 Å². The van der Waals surface area contributed by atoms with Crippen LogP contribution in [0.1, 0.15) is 6.42 Å². The molecular formula is C17H11Cl3N2O3. The maximum absolute atomic E-state index is 12.1. The normalized spacial score (nSPS) is 10.8. The Kier molecular flexibility index (Phi) is 5.27. The monoisotopic (exact) mass is 396 g/mol. The lowest BCUT2D eigenvalue weighted by Gasteiger charge is -2.11. The SMILES string of the molecule is O=C(CCn1ncc(=O)c2ccccc21)Oc1c(Cl)cc(Cl)cc1Cl. The van der Waals surface area contributed by atoms with Crippen LogP contribution in [-0.4, -0.2) is 15.7 Å². The molecule has 0 fully saturated rings. The van der Waals surface area contributed by atoms with E-state index in [2.05, 4.69) is 5.10 Å². The largest absolute Gasteiger partial charge is 0.423 e. The molecule has 0 saturated carbocycles. The minimum atomic E-state index is -0.532. The number of fused-ring (bicyclic) bond motifs is 1. The summed E-state index contributed by atoms with van der Waals surface area (Å²) in [6.07, 6.45) is 1.25. The molecule has 5 nitrogen and oxygen atoms in total. The summed E-state index contributed by atoms with van der Waals surface area (Å²) >= 11 is 17.8. The van der Waals surface area contributed by atoms with Crippen molar-refractivity contribution in [3.05, 3.63) is 67.9 Å². The molecule has 0 saturated heterocycles. The minimum Gasteiger partial charge on any atom is -0.423 e. The molecule has 0 atom stereocenters. The van der Waals surface area contributed by atoms with Gasteiger partial charge in [0.25, 0.3) is 0 Å². The van der Waals surface area contributed by atoms with Crippen LogP contribution in [0.15, 0.2) is 47.4 Å². The Labute approximate surface area is 157 Å². The van der Waals surface area contributed by atoms with Crippen LogP contribution in [0.2, 0.25) is 15.1 Å². The molecule has 0 aliphatic rings. The summed E-state index contributed by atoms with van der Waals surface area (Å²) < 4.78 is 6.80. The molecule has 0 aliphatic heterocycles. The third-order valence-electron chi connectivity index (χ3n) is 3.47. The van der Waals surface area contributed by atoms with E-state index in [4.69, 9.17) is 39.5 Å². The van der Waals surface area contributed by atoms with E-state index < -0.39 is 5.97 Å². The van der Waals surface area contributed by atoms with Crippen molar-refractivity contribution >= 4 is 51.7 Å². The molecule has 3 aromatic rings. The van der Waals surface area contributed by atoms with Gasteiger partial charge in [-0.1, -0.05) is 46.9 Å². The van der Waals surface area contributed by atoms with E-state index in [1.807, 2.05) is 0 Å². The lowest BCUT2D eigenvalue weighted by molar-refractivity contribution is -0.134. The van der Waals surface area contributed by atoms with Crippen molar-refractivity contribution in [1.29, 1.82) is 0 Å². The number of halogens is 3. The number of para-hydroxylation sites is 1. The second-order valence-electron chi connectivity index (χ2n) is 5.17. The van der Waals surface area contributed by atoms with Gasteiger partial charge >= 0.3 is 5.97 Å². The van der Waals surface area contributed by atoms with Crippen molar-refractivity contribution in [2.24, 2.45) is 0 Å². The van der Waals surface area contributed by atoms with E-state index in [1.54, 1.807) is 28.9 Å². The molecule has 0 bridgehead atoms. The van der Waals surface area contributed by atoms with E-state index in [0.29, 0.717) is 15.9 Å². The predicted molar refractivity (Wildman–Crippen MR) is 97.7 cm³/mol. The van der Waals surface area contributed by atoms with Gasteiger partial charge in [-0.05, 0) is 24.3 Å². The van der Waals surface area contributed by atoms with E-state index in [9.17, 15) is 9.59 Å². The van der Waals surface area contributed by atoms with Crippen LogP contribution in [0.25, 0.3) is 10.9 Å². The minimum absolute atomic E-state index is 0.0230. The first kappa shape index (κ1) is 17.7. The predicted octanol–water partition coefficient (Wildman–Crippen LogP) is 4.35. The summed E-state index contributed by atoms with van der Waals surface area (Å²) in [6.45, 7) is 0.239. The molecule has 0 aliphatic carbocycles. The summed E-state index contributed by atoms with van der Waals surface area (Å²) in [5.41, 5.74) is 0.472. The first-order valence-electron chi connectivity index (χ1n) is 7.26. The highest BCUT2D eigenvalue weighted by Crippen LogP contribution is 2.36. The van der Waals surface area contributed by atoms with E-state index >= 15 is 0 Å². The number of aromatic nitrogens is 2. The Morgan fingerprint density at radius 2 is 1.80 bits per heavy atom. The first-order chi connectivity index (χ1) is 12.0. The fourth-order valence-corrected chi connectivity index (χ4v) is 3.22. The van der Waals surface area contributed by atoms with Crippen molar-refractivity contribution in [2.75, 3.05) is 0 Å². The molecular weight excluding hydrogens is 387 g/mol. The van der Waals surface area contributed by atoms with Gasteiger partial charge in [0, 0.05) is 10.4 Å². The highest BCUT2D eigenvalue weighted by atomic mass is 35.5. The van der Waals surface area contributed by atoms with Gasteiger partial charge in [-0.15, -0.1) is 0 Å². The van der Waals surface area contributed by atoms with Gasteiger partial charge in [0.2, 0.25) is 5.43 Å². The Morgan fingerprint density at radius 1 is 1.12 bits per heavy atom. The topological polar surface area (TPSA) is 61.2 Å². The van der Waals surface area contributed by atoms with Crippen LogP contribution in [0.3, 0.4) is 0 Å². The number of hydrogen-bond acceptors (Lipinski definition) is 4. The van der Waals surface area contributed by atoms with Gasteiger partial charge < -0.3 is 4.74 Å². The Morgan fingerprint density at radius 3 is 2.52 bits per heavy atom. The number of benzene rings is 2. The number of hydrogen-bond donors (Lipinski definition) is 0. The summed E-state index contributed by atoms with van der Waals surface area (Å²) in [5.74, 6) is -0.467. The second kappa shape index (κ2) is 7.44. The quantitative estimate of drug-likeness (QED) is 0.485. The van der Waals surface area contributed by atoms with Gasteiger partial charge in [-0.3, -0.25) is 14.3 Å². The number of nitrogens with zero attached hydrogens (tertiary/aromatic N) is 2. The highest BCUT2D eigenvalue weighted by Gasteiger charge is 2.14. The molecule has 8 heteroatoms. The summed E-state index contributed by atoms with van der Waals surface area (Å²) in [4.78, 5) is 23.9. The summed E-state index contributed by atoms with van der Waals surface area (Å²) in [5, 5.41) is 5.24. The van der Waals surface area contributed by atoms with Crippen molar-refractivity contribution in [3.63, 3.8) is 0 Å². The number of carbonyl (C=O) groups excluding carboxylic acids is 1. The van der Waals surface area contributed by atoms with Crippen LogP contribution in [-0.2, 0) is 11.3 Å². The fraction of sp³-hybridized carbons (Fsp3) is 0.118. The third kappa shape index (κ3) is 3.95. The fourth-order valence-electron chi connectivity index (χ4n) is 2.33. The maximum Gasteiger partial charge on any atom is 0.313 e. The summed E-state index contributed by atoms with van der Waals surface area (Å²) in [7, 11) is 0. The van der Waals surface area contributed by atoms with Gasteiger partial charge in [0.15, 0.2) is 5.75 Å². The second-order valence-corrected chi connectivity index (χ2v) is 6.42. The molecule has 0 amide bonds. The molecule has 0 N–H and O–H groups in total. The van der Waals surface area contributed by atoms with E-state index in [-0.39, 0.29) is 34.2 Å². The average molecular weight is 398 g/mol. The highest BCUT2D eigenvalue weighted by molar-refractivity contribution is 6.40.